The van der Waals surface area contributed by atoms with Crippen molar-refractivity contribution >= 4 is 17.7 Å². The molecule has 2 aromatic rings. The maximum atomic E-state index is 12.0. The zero-order valence-electron chi connectivity index (χ0n) is 11.8. The highest BCUT2D eigenvalue weighted by Gasteiger charge is 2.07. The van der Waals surface area contributed by atoms with E-state index in [1.165, 1.54) is 0 Å². The number of para-hydroxylation sites is 1. The SMILES string of the molecule is CC(C)c1ccccc1NC(=O)/C=C/c1ccccc1. The van der Waals surface area contributed by atoms with Gasteiger partial charge < -0.3 is 5.32 Å². The van der Waals surface area contributed by atoms with Gasteiger partial charge in [0, 0.05) is 11.8 Å². The Morgan fingerprint density at radius 2 is 1.65 bits per heavy atom. The first kappa shape index (κ1) is 14.1. The highest BCUT2D eigenvalue weighted by atomic mass is 16.1. The number of hydrogen-bond donors (Lipinski definition) is 1. The second-order valence-corrected chi connectivity index (χ2v) is 4.98. The van der Waals surface area contributed by atoms with Crippen LogP contribution in [0.2, 0.25) is 0 Å². The van der Waals surface area contributed by atoms with Gasteiger partial charge in [-0.25, -0.2) is 0 Å². The quantitative estimate of drug-likeness (QED) is 0.812. The molecule has 0 saturated heterocycles. The second-order valence-electron chi connectivity index (χ2n) is 4.98. The molecule has 2 aromatic carbocycles. The highest BCUT2D eigenvalue weighted by molar-refractivity contribution is 6.02. The number of carbonyl (C=O) groups excluding carboxylic acids is 1. The van der Waals surface area contributed by atoms with Gasteiger partial charge in [-0.15, -0.1) is 0 Å². The Morgan fingerprint density at radius 1 is 1.00 bits per heavy atom. The van der Waals surface area contributed by atoms with E-state index in [-0.39, 0.29) is 5.91 Å². The summed E-state index contributed by atoms with van der Waals surface area (Å²) in [6, 6.07) is 17.7. The molecule has 1 amide bonds. The zero-order chi connectivity index (χ0) is 14.4. The van der Waals surface area contributed by atoms with Crippen LogP contribution in [0.25, 0.3) is 6.08 Å². The van der Waals surface area contributed by atoms with E-state index >= 15 is 0 Å². The summed E-state index contributed by atoms with van der Waals surface area (Å²) in [5.41, 5.74) is 3.04. The third-order valence-electron chi connectivity index (χ3n) is 3.07. The summed E-state index contributed by atoms with van der Waals surface area (Å²) in [4.78, 5) is 12.0. The molecule has 102 valence electrons. The van der Waals surface area contributed by atoms with Crippen LogP contribution in [0.5, 0.6) is 0 Å². The first-order chi connectivity index (χ1) is 9.66. The van der Waals surface area contributed by atoms with Crippen molar-refractivity contribution < 1.29 is 4.79 Å². The summed E-state index contributed by atoms with van der Waals surface area (Å²) in [6.07, 6.45) is 3.37. The van der Waals surface area contributed by atoms with Crippen molar-refractivity contribution in [3.63, 3.8) is 0 Å². The number of nitrogens with one attached hydrogen (secondary N) is 1. The fourth-order valence-electron chi connectivity index (χ4n) is 2.02. The molecule has 0 fully saturated rings. The van der Waals surface area contributed by atoms with E-state index < -0.39 is 0 Å². The fraction of sp³-hybridized carbons (Fsp3) is 0.167. The van der Waals surface area contributed by atoms with Gasteiger partial charge in [0.25, 0.3) is 0 Å². The van der Waals surface area contributed by atoms with Gasteiger partial charge in [-0.05, 0) is 29.2 Å². The molecule has 0 unspecified atom stereocenters. The van der Waals surface area contributed by atoms with Crippen molar-refractivity contribution in [3.8, 4) is 0 Å². The fourth-order valence-corrected chi connectivity index (χ4v) is 2.02. The standard InChI is InChI=1S/C18H19NO/c1-14(2)16-10-6-7-11-17(16)19-18(20)13-12-15-8-4-3-5-9-15/h3-14H,1-2H3,(H,19,20)/b13-12+. The van der Waals surface area contributed by atoms with Gasteiger partial charge in [0.05, 0.1) is 0 Å². The van der Waals surface area contributed by atoms with Crippen LogP contribution in [0.4, 0.5) is 5.69 Å². The summed E-state index contributed by atoms with van der Waals surface area (Å²) in [5.74, 6) is 0.270. The lowest BCUT2D eigenvalue weighted by molar-refractivity contribution is -0.111. The average Bonchev–Trinajstić information content (AvgIpc) is 2.46. The van der Waals surface area contributed by atoms with Gasteiger partial charge in [0.15, 0.2) is 0 Å². The molecule has 0 aliphatic rings. The summed E-state index contributed by atoms with van der Waals surface area (Å²) < 4.78 is 0. The maximum Gasteiger partial charge on any atom is 0.248 e. The molecule has 1 N–H and O–H groups in total. The monoisotopic (exact) mass is 265 g/mol. The van der Waals surface area contributed by atoms with E-state index in [1.54, 1.807) is 6.08 Å². The largest absolute Gasteiger partial charge is 0.322 e. The normalized spacial score (nSPS) is 10.9. The summed E-state index contributed by atoms with van der Waals surface area (Å²) in [7, 11) is 0. The van der Waals surface area contributed by atoms with Crippen LogP contribution in [-0.2, 0) is 4.79 Å². The molecule has 0 aliphatic heterocycles. The molecule has 2 nitrogen and oxygen atoms in total. The smallest absolute Gasteiger partial charge is 0.248 e. The highest BCUT2D eigenvalue weighted by Crippen LogP contribution is 2.23. The first-order valence-electron chi connectivity index (χ1n) is 6.80. The number of hydrogen-bond acceptors (Lipinski definition) is 1. The van der Waals surface area contributed by atoms with Crippen LogP contribution in [0.15, 0.2) is 60.7 Å². The van der Waals surface area contributed by atoms with E-state index in [2.05, 4.69) is 19.2 Å². The van der Waals surface area contributed by atoms with Gasteiger partial charge in [-0.2, -0.15) is 0 Å². The molecule has 0 saturated carbocycles. The maximum absolute atomic E-state index is 12.0. The molecule has 0 spiro atoms. The molecule has 2 rings (SSSR count). The summed E-state index contributed by atoms with van der Waals surface area (Å²) in [5, 5.41) is 2.94. The number of amides is 1. The second kappa shape index (κ2) is 6.71. The van der Waals surface area contributed by atoms with Gasteiger partial charge in [0.2, 0.25) is 5.91 Å². The first-order valence-corrected chi connectivity index (χ1v) is 6.80. The summed E-state index contributed by atoms with van der Waals surface area (Å²) >= 11 is 0. The minimum Gasteiger partial charge on any atom is -0.322 e. The van der Waals surface area contributed by atoms with Crippen LogP contribution in [0, 0.1) is 0 Å². The lowest BCUT2D eigenvalue weighted by Crippen LogP contribution is -2.10. The van der Waals surface area contributed by atoms with Crippen LogP contribution in [0.3, 0.4) is 0 Å². The molecular formula is C18H19NO. The minimum absolute atomic E-state index is 0.109. The Kier molecular flexibility index (Phi) is 4.72. The van der Waals surface area contributed by atoms with Crippen molar-refractivity contribution in [2.45, 2.75) is 19.8 Å². The van der Waals surface area contributed by atoms with Crippen molar-refractivity contribution in [2.75, 3.05) is 5.32 Å². The molecule has 0 atom stereocenters. The number of rotatable bonds is 4. The third kappa shape index (κ3) is 3.82. The molecule has 20 heavy (non-hydrogen) atoms. The predicted octanol–water partition coefficient (Wildman–Crippen LogP) is 4.46. The molecule has 2 heteroatoms. The van der Waals surface area contributed by atoms with Gasteiger partial charge in [-0.3, -0.25) is 4.79 Å². The molecular weight excluding hydrogens is 246 g/mol. The number of carbonyl (C=O) groups is 1. The van der Waals surface area contributed by atoms with Crippen LogP contribution in [0.1, 0.15) is 30.9 Å². The van der Waals surface area contributed by atoms with E-state index in [0.717, 1.165) is 16.8 Å². The number of benzene rings is 2. The van der Waals surface area contributed by atoms with Crippen LogP contribution >= 0.6 is 0 Å². The Labute approximate surface area is 120 Å². The van der Waals surface area contributed by atoms with E-state index in [4.69, 9.17) is 0 Å². The predicted molar refractivity (Wildman–Crippen MR) is 84.6 cm³/mol. The van der Waals surface area contributed by atoms with E-state index in [0.29, 0.717) is 5.92 Å². The molecule has 0 heterocycles. The van der Waals surface area contributed by atoms with E-state index in [1.807, 2.05) is 60.7 Å². The third-order valence-corrected chi connectivity index (χ3v) is 3.07. The van der Waals surface area contributed by atoms with Crippen molar-refractivity contribution in [2.24, 2.45) is 0 Å². The van der Waals surface area contributed by atoms with Gasteiger partial charge >= 0.3 is 0 Å². The van der Waals surface area contributed by atoms with Crippen LogP contribution in [-0.4, -0.2) is 5.91 Å². The molecule has 0 aromatic heterocycles. The lowest BCUT2D eigenvalue weighted by Gasteiger charge is -2.12. The minimum atomic E-state index is -0.109. The Balaban J connectivity index is 2.07. The number of anilines is 1. The van der Waals surface area contributed by atoms with Gasteiger partial charge in [-0.1, -0.05) is 62.4 Å². The molecule has 0 bridgehead atoms. The van der Waals surface area contributed by atoms with E-state index in [9.17, 15) is 4.79 Å². The molecule has 0 radical (unpaired) electrons. The Hall–Kier alpha value is -2.35. The van der Waals surface area contributed by atoms with Gasteiger partial charge in [0.1, 0.15) is 0 Å². The summed E-state index contributed by atoms with van der Waals surface area (Å²) in [6.45, 7) is 4.23. The van der Waals surface area contributed by atoms with Crippen molar-refractivity contribution in [3.05, 3.63) is 71.8 Å². The van der Waals surface area contributed by atoms with Crippen molar-refractivity contribution in [1.29, 1.82) is 0 Å². The van der Waals surface area contributed by atoms with Crippen LogP contribution < -0.4 is 5.32 Å². The topological polar surface area (TPSA) is 29.1 Å². The molecule has 0 aliphatic carbocycles. The lowest BCUT2D eigenvalue weighted by atomic mass is 10.0. The average molecular weight is 265 g/mol. The van der Waals surface area contributed by atoms with Crippen molar-refractivity contribution in [1.82, 2.24) is 0 Å². The Bertz CT molecular complexity index is 600. The zero-order valence-corrected chi connectivity index (χ0v) is 11.8. The Morgan fingerprint density at radius 3 is 2.35 bits per heavy atom.